The van der Waals surface area contributed by atoms with Gasteiger partial charge in [0.15, 0.2) is 0 Å². The van der Waals surface area contributed by atoms with Gasteiger partial charge in [0.05, 0.1) is 10.6 Å². The van der Waals surface area contributed by atoms with Crippen molar-refractivity contribution in [3.8, 4) is 5.69 Å². The number of nitrogens with zero attached hydrogens (tertiary/aromatic N) is 3. The summed E-state index contributed by atoms with van der Waals surface area (Å²) < 4.78 is 35.3. The predicted molar refractivity (Wildman–Crippen MR) is 120 cm³/mol. The van der Waals surface area contributed by atoms with Gasteiger partial charge in [-0.25, -0.2) is 8.42 Å². The fourth-order valence-corrected chi connectivity index (χ4v) is 4.23. The van der Waals surface area contributed by atoms with Gasteiger partial charge in [0, 0.05) is 5.39 Å². The Kier molecular flexibility index (Phi) is 6.28. The minimum atomic E-state index is -4.64. The van der Waals surface area contributed by atoms with Gasteiger partial charge in [-0.05, 0) is 40.8 Å². The molecule has 5 aromatic rings. The molecule has 0 bridgehead atoms. The Morgan fingerprint density at radius 2 is 1.50 bits per heavy atom. The van der Waals surface area contributed by atoms with Crippen molar-refractivity contribution in [3.05, 3.63) is 102 Å². The molecule has 32 heavy (non-hydrogen) atoms. The van der Waals surface area contributed by atoms with Crippen LogP contribution in [0, 0.1) is 0 Å². The third-order valence-corrected chi connectivity index (χ3v) is 5.92. The van der Waals surface area contributed by atoms with Gasteiger partial charge in [-0.15, -0.1) is 10.2 Å². The molecule has 0 aliphatic heterocycles. The van der Waals surface area contributed by atoms with Gasteiger partial charge in [0.2, 0.25) is 0 Å². The summed E-state index contributed by atoms with van der Waals surface area (Å²) in [5, 5.41) is 11.3. The molecule has 0 aliphatic rings. The van der Waals surface area contributed by atoms with E-state index < -0.39 is 10.1 Å². The summed E-state index contributed by atoms with van der Waals surface area (Å²) in [6.45, 7) is 0. The van der Waals surface area contributed by atoms with E-state index in [1.807, 2.05) is 36.4 Å². The van der Waals surface area contributed by atoms with Gasteiger partial charge in [0.25, 0.3) is 0 Å². The van der Waals surface area contributed by atoms with Crippen LogP contribution in [-0.2, 0) is 10.1 Å². The third-order valence-electron chi connectivity index (χ3n) is 5.03. The molecule has 0 atom stereocenters. The van der Waals surface area contributed by atoms with E-state index in [-0.39, 0.29) is 34.5 Å². The molecule has 4 aromatic carbocycles. The Labute approximate surface area is 207 Å². The summed E-state index contributed by atoms with van der Waals surface area (Å²) in [6.07, 6.45) is 1.38. The summed E-state index contributed by atoms with van der Waals surface area (Å²) in [7, 11) is -4.64. The van der Waals surface area contributed by atoms with Crippen molar-refractivity contribution in [2.24, 2.45) is 0 Å². The predicted octanol–water partition coefficient (Wildman–Crippen LogP) is 1.62. The first kappa shape index (κ1) is 22.4. The van der Waals surface area contributed by atoms with Gasteiger partial charge < -0.3 is 4.55 Å². The van der Waals surface area contributed by atoms with Crippen LogP contribution >= 0.6 is 0 Å². The number of benzene rings is 4. The Hall–Kier alpha value is -2.81. The molecular formula is C24H16N3NaO3S. The molecule has 0 saturated heterocycles. The maximum Gasteiger partial charge on any atom is 1.00 e. The summed E-state index contributed by atoms with van der Waals surface area (Å²) in [5.41, 5.74) is 3.26. The van der Waals surface area contributed by atoms with Crippen LogP contribution in [0.2, 0.25) is 0 Å². The van der Waals surface area contributed by atoms with Crippen molar-refractivity contribution in [2.75, 3.05) is 0 Å². The standard InChI is InChI=1S/C24H17N3O3S.Na/c28-31(29,30)23(19-7-2-1-3-8-19)16-17-10-13-20(14-11-17)27-25-22-15-12-18-6-4-5-9-21(18)24(22)26-27;/h1-16H,(H,28,29,30);/q;+1/p-1. The van der Waals surface area contributed by atoms with Crippen molar-refractivity contribution in [2.45, 2.75) is 0 Å². The first-order chi connectivity index (χ1) is 15.0. The minimum Gasteiger partial charge on any atom is -0.744 e. The van der Waals surface area contributed by atoms with Crippen LogP contribution in [0.5, 0.6) is 0 Å². The van der Waals surface area contributed by atoms with E-state index in [4.69, 9.17) is 0 Å². The molecule has 0 amide bonds. The summed E-state index contributed by atoms with van der Waals surface area (Å²) in [5.74, 6) is 0. The molecule has 0 spiro atoms. The van der Waals surface area contributed by atoms with Crippen LogP contribution in [0.3, 0.4) is 0 Å². The second-order valence-electron chi connectivity index (χ2n) is 7.06. The van der Waals surface area contributed by atoms with Crippen LogP contribution in [0.1, 0.15) is 11.1 Å². The van der Waals surface area contributed by atoms with E-state index in [1.165, 1.54) is 6.08 Å². The fraction of sp³-hybridized carbons (Fsp3) is 0. The van der Waals surface area contributed by atoms with E-state index >= 15 is 0 Å². The van der Waals surface area contributed by atoms with Crippen molar-refractivity contribution < 1.29 is 42.5 Å². The Morgan fingerprint density at radius 3 is 2.22 bits per heavy atom. The van der Waals surface area contributed by atoms with Crippen molar-refractivity contribution in [1.29, 1.82) is 0 Å². The monoisotopic (exact) mass is 449 g/mol. The van der Waals surface area contributed by atoms with Crippen LogP contribution in [0.15, 0.2) is 91.0 Å². The van der Waals surface area contributed by atoms with Crippen molar-refractivity contribution in [3.63, 3.8) is 0 Å². The topological polar surface area (TPSA) is 87.9 Å². The second-order valence-corrected chi connectivity index (χ2v) is 8.41. The van der Waals surface area contributed by atoms with Crippen LogP contribution in [-0.4, -0.2) is 28.0 Å². The smallest absolute Gasteiger partial charge is 0.744 e. The van der Waals surface area contributed by atoms with Gasteiger partial charge in [-0.2, -0.15) is 4.80 Å². The molecule has 1 aromatic heterocycles. The summed E-state index contributed by atoms with van der Waals surface area (Å²) in [4.78, 5) is 1.28. The van der Waals surface area contributed by atoms with E-state index in [0.29, 0.717) is 11.1 Å². The largest absolute Gasteiger partial charge is 1.00 e. The molecule has 0 unspecified atom stereocenters. The summed E-state index contributed by atoms with van der Waals surface area (Å²) in [6, 6.07) is 27.3. The van der Waals surface area contributed by atoms with Gasteiger partial charge in [-0.3, -0.25) is 0 Å². The molecule has 1 heterocycles. The molecule has 0 N–H and O–H groups in total. The second kappa shape index (κ2) is 8.97. The Bertz CT molecular complexity index is 1540. The molecule has 0 aliphatic carbocycles. The normalized spacial score (nSPS) is 12.1. The number of hydrogen-bond donors (Lipinski definition) is 0. The van der Waals surface area contributed by atoms with Crippen molar-refractivity contribution >= 4 is 42.9 Å². The van der Waals surface area contributed by atoms with Gasteiger partial charge >= 0.3 is 29.6 Å². The Balaban J connectivity index is 0.00000245. The molecule has 8 heteroatoms. The first-order valence-electron chi connectivity index (χ1n) is 9.57. The van der Waals surface area contributed by atoms with Crippen LogP contribution in [0.25, 0.3) is 38.5 Å². The maximum absolute atomic E-state index is 11.8. The summed E-state index contributed by atoms with van der Waals surface area (Å²) >= 11 is 0. The van der Waals surface area contributed by atoms with E-state index in [9.17, 15) is 13.0 Å². The minimum absolute atomic E-state index is 0. The number of rotatable bonds is 4. The van der Waals surface area contributed by atoms with Gasteiger partial charge in [0.1, 0.15) is 21.2 Å². The molecular weight excluding hydrogens is 433 g/mol. The van der Waals surface area contributed by atoms with Gasteiger partial charge in [-0.1, -0.05) is 72.8 Å². The molecule has 6 nitrogen and oxygen atoms in total. The zero-order valence-corrected chi connectivity index (χ0v) is 20.0. The molecule has 0 radical (unpaired) electrons. The average molecular weight is 449 g/mol. The zero-order chi connectivity index (χ0) is 21.4. The first-order valence-corrected chi connectivity index (χ1v) is 11.0. The molecule has 152 valence electrons. The zero-order valence-electron chi connectivity index (χ0n) is 17.2. The molecule has 0 fully saturated rings. The SMILES string of the molecule is O=S(=O)([O-])C(=Cc1ccc(-n2nc3ccc4ccccc4c3n2)cc1)c1ccccc1.[Na+]. The Morgan fingerprint density at radius 1 is 0.812 bits per heavy atom. The number of hydrogen-bond acceptors (Lipinski definition) is 5. The fourth-order valence-electron chi connectivity index (χ4n) is 3.52. The third kappa shape index (κ3) is 4.39. The number of fused-ring (bicyclic) bond motifs is 3. The van der Waals surface area contributed by atoms with Crippen LogP contribution < -0.4 is 29.6 Å². The van der Waals surface area contributed by atoms with E-state index in [0.717, 1.165) is 27.5 Å². The van der Waals surface area contributed by atoms with E-state index in [2.05, 4.69) is 10.2 Å². The van der Waals surface area contributed by atoms with E-state index in [1.54, 1.807) is 59.4 Å². The maximum atomic E-state index is 11.8. The van der Waals surface area contributed by atoms with Crippen LogP contribution in [0.4, 0.5) is 0 Å². The molecule has 0 saturated carbocycles. The average Bonchev–Trinajstić information content (AvgIpc) is 3.23. The number of aromatic nitrogens is 3. The quantitative estimate of drug-likeness (QED) is 0.236. The van der Waals surface area contributed by atoms with Crippen molar-refractivity contribution in [1.82, 2.24) is 15.0 Å². The molecule has 5 rings (SSSR count).